The zero-order chi connectivity index (χ0) is 18.1. The van der Waals surface area contributed by atoms with Gasteiger partial charge in [-0.3, -0.25) is 9.36 Å². The van der Waals surface area contributed by atoms with Crippen molar-refractivity contribution in [3.8, 4) is 0 Å². The third-order valence-corrected chi connectivity index (χ3v) is 6.34. The Balaban J connectivity index is 2.07. The molecule has 3 rings (SSSR count). The molecule has 3 heterocycles. The number of hydrogen-bond donors (Lipinski definition) is 0. The summed E-state index contributed by atoms with van der Waals surface area (Å²) in [5.74, 6) is 1.16. The highest BCUT2D eigenvalue weighted by Gasteiger charge is 2.21. The van der Waals surface area contributed by atoms with E-state index in [1.165, 1.54) is 11.8 Å². The second-order valence-electron chi connectivity index (χ2n) is 6.11. The third kappa shape index (κ3) is 3.50. The van der Waals surface area contributed by atoms with Crippen LogP contribution in [0.4, 0.5) is 0 Å². The van der Waals surface area contributed by atoms with Crippen molar-refractivity contribution in [2.75, 3.05) is 0 Å². The maximum atomic E-state index is 13.1. The molecule has 0 unspecified atom stereocenters. The van der Waals surface area contributed by atoms with E-state index >= 15 is 0 Å². The number of fused-ring (bicyclic) bond motifs is 1. The average Bonchev–Trinajstić information content (AvgIpc) is 3.11. The van der Waals surface area contributed by atoms with Gasteiger partial charge in [-0.2, -0.15) is 4.98 Å². The van der Waals surface area contributed by atoms with E-state index in [0.29, 0.717) is 18.3 Å². The molecule has 0 aromatic carbocycles. The molecule has 0 saturated heterocycles. The van der Waals surface area contributed by atoms with E-state index in [0.717, 1.165) is 38.7 Å². The molecule has 0 spiro atoms. The second kappa shape index (κ2) is 7.29. The molecular weight excluding hydrogens is 356 g/mol. The molecule has 3 aromatic heterocycles. The molecule has 0 fully saturated rings. The van der Waals surface area contributed by atoms with E-state index in [4.69, 9.17) is 9.51 Å². The van der Waals surface area contributed by atoms with E-state index in [9.17, 15) is 4.79 Å². The Morgan fingerprint density at radius 1 is 1.28 bits per heavy atom. The lowest BCUT2D eigenvalue weighted by atomic mass is 10.2. The predicted octanol–water partition coefficient (Wildman–Crippen LogP) is 4.42. The number of thiophene rings is 1. The van der Waals surface area contributed by atoms with Crippen molar-refractivity contribution in [3.63, 3.8) is 0 Å². The highest BCUT2D eigenvalue weighted by molar-refractivity contribution is 7.99. The van der Waals surface area contributed by atoms with Gasteiger partial charge in [-0.1, -0.05) is 30.3 Å². The fraction of sp³-hybridized carbons (Fsp3) is 0.529. The van der Waals surface area contributed by atoms with Crippen LogP contribution < -0.4 is 5.56 Å². The van der Waals surface area contributed by atoms with Gasteiger partial charge in [0.1, 0.15) is 4.83 Å². The Kier molecular flexibility index (Phi) is 5.29. The normalized spacial score (nSPS) is 12.8. The Morgan fingerprint density at radius 3 is 2.68 bits per heavy atom. The molecule has 25 heavy (non-hydrogen) atoms. The van der Waals surface area contributed by atoms with Crippen LogP contribution in [0.3, 0.4) is 0 Å². The molecule has 3 aromatic rings. The summed E-state index contributed by atoms with van der Waals surface area (Å²) >= 11 is 3.07. The number of rotatable bonds is 6. The minimum Gasteiger partial charge on any atom is -0.338 e. The van der Waals surface area contributed by atoms with Gasteiger partial charge in [0, 0.05) is 11.4 Å². The van der Waals surface area contributed by atoms with Crippen molar-refractivity contribution in [3.05, 3.63) is 32.5 Å². The van der Waals surface area contributed by atoms with Crippen molar-refractivity contribution in [2.24, 2.45) is 0 Å². The van der Waals surface area contributed by atoms with Crippen molar-refractivity contribution in [2.45, 2.75) is 64.4 Å². The first kappa shape index (κ1) is 18.1. The molecule has 0 radical (unpaired) electrons. The van der Waals surface area contributed by atoms with E-state index in [1.54, 1.807) is 22.8 Å². The minimum atomic E-state index is -0.0689. The maximum Gasteiger partial charge on any atom is 0.263 e. The summed E-state index contributed by atoms with van der Waals surface area (Å²) in [4.78, 5) is 24.1. The minimum absolute atomic E-state index is 0.0525. The Labute approximate surface area is 154 Å². The Hall–Kier alpha value is -1.67. The number of hydrogen-bond acceptors (Lipinski definition) is 7. The van der Waals surface area contributed by atoms with Crippen molar-refractivity contribution < 1.29 is 4.52 Å². The zero-order valence-electron chi connectivity index (χ0n) is 15.1. The van der Waals surface area contributed by atoms with E-state index in [1.807, 2.05) is 20.8 Å². The van der Waals surface area contributed by atoms with Crippen LogP contribution in [0.25, 0.3) is 10.2 Å². The summed E-state index contributed by atoms with van der Waals surface area (Å²) in [6, 6.07) is 0. The predicted molar refractivity (Wildman–Crippen MR) is 102 cm³/mol. The molecular formula is C17H22N4O2S2. The molecule has 8 heteroatoms. The number of aryl methyl sites for hydroxylation is 3. The van der Waals surface area contributed by atoms with Gasteiger partial charge in [0.05, 0.1) is 10.6 Å². The fourth-order valence-electron chi connectivity index (χ4n) is 2.60. The monoisotopic (exact) mass is 378 g/mol. The molecule has 0 N–H and O–H groups in total. The largest absolute Gasteiger partial charge is 0.338 e. The maximum absolute atomic E-state index is 13.1. The van der Waals surface area contributed by atoms with E-state index in [-0.39, 0.29) is 10.8 Å². The van der Waals surface area contributed by atoms with Crippen LogP contribution in [0.1, 0.15) is 54.1 Å². The lowest BCUT2D eigenvalue weighted by Gasteiger charge is -2.13. The van der Waals surface area contributed by atoms with Gasteiger partial charge in [-0.15, -0.1) is 11.3 Å². The van der Waals surface area contributed by atoms with E-state index < -0.39 is 0 Å². The van der Waals surface area contributed by atoms with Crippen LogP contribution in [-0.2, 0) is 6.54 Å². The summed E-state index contributed by atoms with van der Waals surface area (Å²) in [7, 11) is 0. The van der Waals surface area contributed by atoms with Crippen LogP contribution in [0.2, 0.25) is 0 Å². The first-order valence-corrected chi connectivity index (χ1v) is 10.1. The summed E-state index contributed by atoms with van der Waals surface area (Å²) in [5, 5.41) is 5.25. The number of thioether (sulfide) groups is 1. The number of aromatic nitrogens is 4. The smallest absolute Gasteiger partial charge is 0.263 e. The molecule has 0 aliphatic heterocycles. The SMILES string of the molecule is CCCCn1c(S[C@H](C)c2nc(C)no2)nc2sc(C)c(C)c2c1=O. The molecule has 6 nitrogen and oxygen atoms in total. The zero-order valence-corrected chi connectivity index (χ0v) is 16.8. The lowest BCUT2D eigenvalue weighted by molar-refractivity contribution is 0.376. The van der Waals surface area contributed by atoms with Crippen LogP contribution in [-0.4, -0.2) is 19.7 Å². The van der Waals surface area contributed by atoms with Crippen molar-refractivity contribution in [1.29, 1.82) is 0 Å². The van der Waals surface area contributed by atoms with Gasteiger partial charge >= 0.3 is 0 Å². The van der Waals surface area contributed by atoms with Gasteiger partial charge in [-0.05, 0) is 39.7 Å². The van der Waals surface area contributed by atoms with Crippen molar-refractivity contribution in [1.82, 2.24) is 19.7 Å². The first-order valence-electron chi connectivity index (χ1n) is 8.39. The topological polar surface area (TPSA) is 73.8 Å². The molecule has 1 atom stereocenters. The molecule has 0 bridgehead atoms. The molecule has 0 amide bonds. The van der Waals surface area contributed by atoms with Crippen LogP contribution >= 0.6 is 23.1 Å². The van der Waals surface area contributed by atoms with E-state index in [2.05, 4.69) is 17.1 Å². The Bertz CT molecular complexity index is 958. The van der Waals surface area contributed by atoms with Gasteiger partial charge < -0.3 is 4.52 Å². The van der Waals surface area contributed by atoms with Crippen LogP contribution in [0, 0.1) is 20.8 Å². The third-order valence-electron chi connectivity index (χ3n) is 4.16. The quantitative estimate of drug-likeness (QED) is 0.467. The van der Waals surface area contributed by atoms with Gasteiger partial charge in [0.25, 0.3) is 5.56 Å². The second-order valence-corrected chi connectivity index (χ2v) is 8.62. The van der Waals surface area contributed by atoms with Gasteiger partial charge in [0.2, 0.25) is 5.89 Å². The molecule has 0 aliphatic carbocycles. The summed E-state index contributed by atoms with van der Waals surface area (Å²) < 4.78 is 7.07. The van der Waals surface area contributed by atoms with Gasteiger partial charge in [-0.25, -0.2) is 4.98 Å². The molecule has 0 saturated carbocycles. The summed E-state index contributed by atoms with van der Waals surface area (Å²) in [6.45, 7) is 10.6. The Morgan fingerprint density at radius 2 is 2.04 bits per heavy atom. The number of nitrogens with zero attached hydrogens (tertiary/aromatic N) is 4. The van der Waals surface area contributed by atoms with Crippen LogP contribution in [0.5, 0.6) is 0 Å². The van der Waals surface area contributed by atoms with Gasteiger partial charge in [0.15, 0.2) is 11.0 Å². The van der Waals surface area contributed by atoms with Crippen LogP contribution in [0.15, 0.2) is 14.5 Å². The highest BCUT2D eigenvalue weighted by Crippen LogP contribution is 2.35. The number of unbranched alkanes of at least 4 members (excludes halogenated alkanes) is 1. The first-order chi connectivity index (χ1) is 11.9. The average molecular weight is 379 g/mol. The highest BCUT2D eigenvalue weighted by atomic mass is 32.2. The molecule has 134 valence electrons. The lowest BCUT2D eigenvalue weighted by Crippen LogP contribution is -2.23. The fourth-order valence-corrected chi connectivity index (χ4v) is 4.63. The molecule has 0 aliphatic rings. The summed E-state index contributed by atoms with van der Waals surface area (Å²) in [6.07, 6.45) is 1.96. The summed E-state index contributed by atoms with van der Waals surface area (Å²) in [5.41, 5.74) is 1.09. The van der Waals surface area contributed by atoms with Crippen molar-refractivity contribution >= 4 is 33.3 Å². The standard InChI is InChI=1S/C17H22N4O2S2/c1-6-7-8-21-16(22)13-9(2)10(3)24-15(13)19-17(21)25-11(4)14-18-12(5)20-23-14/h11H,6-8H2,1-5H3/t11-/m1/s1.